The van der Waals surface area contributed by atoms with Gasteiger partial charge in [-0.1, -0.05) is 12.2 Å². The van der Waals surface area contributed by atoms with Crippen molar-refractivity contribution in [2.24, 2.45) is 11.8 Å². The van der Waals surface area contributed by atoms with Crippen molar-refractivity contribution in [1.82, 2.24) is 5.32 Å². The zero-order valence-electron chi connectivity index (χ0n) is 10.5. The van der Waals surface area contributed by atoms with Gasteiger partial charge in [0.2, 0.25) is 5.91 Å². The van der Waals surface area contributed by atoms with Gasteiger partial charge >= 0.3 is 5.97 Å². The smallest absolute Gasteiger partial charge is 0.310 e. The average Bonchev–Trinajstić information content (AvgIpc) is 3.10. The van der Waals surface area contributed by atoms with E-state index in [9.17, 15) is 14.7 Å². The Morgan fingerprint density at radius 1 is 1.26 bits per heavy atom. The molecule has 1 amide bonds. The zero-order valence-corrected chi connectivity index (χ0v) is 10.5. The van der Waals surface area contributed by atoms with E-state index in [2.05, 4.69) is 5.32 Å². The Morgan fingerprint density at radius 3 is 2.63 bits per heavy atom. The minimum Gasteiger partial charge on any atom is -0.481 e. The molecule has 0 aromatic heterocycles. The number of carbonyl (C=O) groups excluding carboxylic acids is 1. The van der Waals surface area contributed by atoms with E-state index in [4.69, 9.17) is 9.47 Å². The highest BCUT2D eigenvalue weighted by molar-refractivity contribution is 5.87. The number of hydrogen-bond donors (Lipinski definition) is 2. The van der Waals surface area contributed by atoms with Gasteiger partial charge in [0, 0.05) is 13.2 Å². The fraction of sp³-hybridized carbons (Fsp3) is 0.692. The summed E-state index contributed by atoms with van der Waals surface area (Å²) in [5.41, 5.74) is 0. The van der Waals surface area contributed by atoms with Crippen LogP contribution in [0.15, 0.2) is 12.2 Å². The summed E-state index contributed by atoms with van der Waals surface area (Å²) < 4.78 is 10.9. The van der Waals surface area contributed by atoms with Gasteiger partial charge in [0.05, 0.1) is 24.2 Å². The summed E-state index contributed by atoms with van der Waals surface area (Å²) in [5.74, 6) is -2.64. The molecule has 2 bridgehead atoms. The lowest BCUT2D eigenvalue weighted by atomic mass is 9.82. The van der Waals surface area contributed by atoms with Crippen LogP contribution in [0.1, 0.15) is 12.8 Å². The molecule has 0 aromatic rings. The van der Waals surface area contributed by atoms with Crippen molar-refractivity contribution < 1.29 is 24.2 Å². The molecule has 3 heterocycles. The summed E-state index contributed by atoms with van der Waals surface area (Å²) >= 11 is 0. The summed E-state index contributed by atoms with van der Waals surface area (Å²) in [6, 6.07) is 0. The quantitative estimate of drug-likeness (QED) is 0.697. The second-order valence-electron chi connectivity index (χ2n) is 5.22. The van der Waals surface area contributed by atoms with Gasteiger partial charge in [0.15, 0.2) is 0 Å². The Labute approximate surface area is 110 Å². The number of fused-ring (bicyclic) bond motifs is 2. The van der Waals surface area contributed by atoms with E-state index in [-0.39, 0.29) is 12.0 Å². The molecule has 104 valence electrons. The molecular weight excluding hydrogens is 250 g/mol. The van der Waals surface area contributed by atoms with Gasteiger partial charge in [-0.25, -0.2) is 0 Å². The first-order valence-electron chi connectivity index (χ1n) is 6.63. The maximum atomic E-state index is 12.2. The fourth-order valence-corrected chi connectivity index (χ4v) is 3.05. The lowest BCUT2D eigenvalue weighted by molar-refractivity contribution is -0.146. The average molecular weight is 267 g/mol. The number of nitrogens with one attached hydrogen (secondary N) is 1. The van der Waals surface area contributed by atoms with Crippen molar-refractivity contribution in [2.75, 3.05) is 13.2 Å². The second-order valence-corrected chi connectivity index (χ2v) is 5.22. The van der Waals surface area contributed by atoms with Crippen molar-refractivity contribution in [2.45, 2.75) is 31.2 Å². The third-order valence-corrected chi connectivity index (χ3v) is 4.02. The number of amides is 1. The third kappa shape index (κ3) is 2.26. The van der Waals surface area contributed by atoms with Gasteiger partial charge in [-0.15, -0.1) is 0 Å². The van der Waals surface area contributed by atoms with E-state index in [1.807, 2.05) is 0 Å². The second kappa shape index (κ2) is 4.94. The molecule has 2 saturated heterocycles. The van der Waals surface area contributed by atoms with Crippen LogP contribution in [0.4, 0.5) is 0 Å². The predicted molar refractivity (Wildman–Crippen MR) is 64.4 cm³/mol. The van der Waals surface area contributed by atoms with Crippen molar-refractivity contribution >= 4 is 11.9 Å². The Balaban J connectivity index is 1.62. The molecule has 2 N–H and O–H groups in total. The summed E-state index contributed by atoms with van der Waals surface area (Å²) in [6.45, 7) is 1.18. The Hall–Kier alpha value is -1.40. The topological polar surface area (TPSA) is 84.9 Å². The van der Waals surface area contributed by atoms with Crippen LogP contribution in [0.3, 0.4) is 0 Å². The van der Waals surface area contributed by atoms with Crippen LogP contribution in [0, 0.1) is 11.8 Å². The van der Waals surface area contributed by atoms with Crippen LogP contribution in [0.2, 0.25) is 0 Å². The van der Waals surface area contributed by atoms with E-state index in [1.165, 1.54) is 0 Å². The fourth-order valence-electron chi connectivity index (χ4n) is 3.05. The van der Waals surface area contributed by atoms with Crippen molar-refractivity contribution in [3.05, 3.63) is 12.2 Å². The molecule has 6 heteroatoms. The highest BCUT2D eigenvalue weighted by Gasteiger charge is 2.53. The maximum absolute atomic E-state index is 12.2. The van der Waals surface area contributed by atoms with E-state index in [0.717, 1.165) is 19.4 Å². The Morgan fingerprint density at radius 2 is 2.00 bits per heavy atom. The van der Waals surface area contributed by atoms with E-state index < -0.39 is 30.0 Å². The highest BCUT2D eigenvalue weighted by Crippen LogP contribution is 2.39. The first-order valence-corrected chi connectivity index (χ1v) is 6.63. The molecule has 3 aliphatic heterocycles. The van der Waals surface area contributed by atoms with Crippen LogP contribution in [-0.4, -0.2) is 48.4 Å². The molecule has 5 atom stereocenters. The molecule has 0 spiro atoms. The molecule has 0 unspecified atom stereocenters. The third-order valence-electron chi connectivity index (χ3n) is 4.02. The molecule has 6 nitrogen and oxygen atoms in total. The van der Waals surface area contributed by atoms with Crippen molar-refractivity contribution in [3.63, 3.8) is 0 Å². The summed E-state index contributed by atoms with van der Waals surface area (Å²) in [6.07, 6.45) is 4.64. The van der Waals surface area contributed by atoms with Crippen molar-refractivity contribution in [3.8, 4) is 0 Å². The number of aliphatic carboxylic acids is 1. The molecule has 3 aliphatic rings. The molecular formula is C13H17NO5. The predicted octanol–water partition coefficient (Wildman–Crippen LogP) is -0.0642. The molecule has 0 aromatic carbocycles. The van der Waals surface area contributed by atoms with Gasteiger partial charge in [-0.3, -0.25) is 9.59 Å². The monoisotopic (exact) mass is 267 g/mol. The number of carboxylic acid groups (broad SMARTS) is 1. The first kappa shape index (κ1) is 12.6. The van der Waals surface area contributed by atoms with E-state index >= 15 is 0 Å². The number of carbonyl (C=O) groups is 2. The summed E-state index contributed by atoms with van der Waals surface area (Å²) in [4.78, 5) is 23.4. The minimum atomic E-state index is -0.978. The lowest BCUT2D eigenvalue weighted by Gasteiger charge is -2.21. The molecule has 0 saturated carbocycles. The van der Waals surface area contributed by atoms with Crippen LogP contribution >= 0.6 is 0 Å². The number of rotatable bonds is 4. The molecule has 0 aliphatic carbocycles. The van der Waals surface area contributed by atoms with Crippen LogP contribution in [-0.2, 0) is 19.1 Å². The number of hydrogen-bond acceptors (Lipinski definition) is 4. The first-order chi connectivity index (χ1) is 9.16. The van der Waals surface area contributed by atoms with E-state index in [1.54, 1.807) is 12.2 Å². The number of ether oxygens (including phenoxy) is 2. The normalized spacial score (nSPS) is 39.7. The van der Waals surface area contributed by atoms with E-state index in [0.29, 0.717) is 6.54 Å². The van der Waals surface area contributed by atoms with Crippen LogP contribution < -0.4 is 5.32 Å². The molecule has 2 fully saturated rings. The van der Waals surface area contributed by atoms with Gasteiger partial charge in [-0.05, 0) is 12.8 Å². The largest absolute Gasteiger partial charge is 0.481 e. The van der Waals surface area contributed by atoms with Crippen molar-refractivity contribution in [1.29, 1.82) is 0 Å². The Kier molecular flexibility index (Phi) is 3.28. The SMILES string of the molecule is O=C(O)[C@H]1[C@H](C(=O)NC[C@H]2CCCO2)[C@H]2C=C[C@H]1O2. The lowest BCUT2D eigenvalue weighted by Crippen LogP contribution is -2.44. The standard InChI is InChI=1S/C13H17NO5/c15-12(14-6-7-2-1-5-18-7)10-8-3-4-9(19-8)11(10)13(16)17/h3-4,7-11H,1-2,5-6H2,(H,14,15)(H,16,17)/t7-,8-,9-,10-,11-/m1/s1. The Bertz CT molecular complexity index is 415. The maximum Gasteiger partial charge on any atom is 0.310 e. The summed E-state index contributed by atoms with van der Waals surface area (Å²) in [5, 5.41) is 12.0. The number of carboxylic acids is 1. The van der Waals surface area contributed by atoms with Gasteiger partial charge in [-0.2, -0.15) is 0 Å². The summed E-state index contributed by atoms with van der Waals surface area (Å²) in [7, 11) is 0. The zero-order chi connectivity index (χ0) is 13.4. The minimum absolute atomic E-state index is 0.0577. The molecule has 3 rings (SSSR count). The van der Waals surface area contributed by atoms with Crippen LogP contribution in [0.25, 0.3) is 0 Å². The highest BCUT2D eigenvalue weighted by atomic mass is 16.5. The van der Waals surface area contributed by atoms with Gasteiger partial charge in [0.25, 0.3) is 0 Å². The molecule has 19 heavy (non-hydrogen) atoms. The molecule has 0 radical (unpaired) electrons. The van der Waals surface area contributed by atoms with Gasteiger partial charge < -0.3 is 19.9 Å². The van der Waals surface area contributed by atoms with Gasteiger partial charge in [0.1, 0.15) is 5.92 Å². The van der Waals surface area contributed by atoms with Crippen LogP contribution in [0.5, 0.6) is 0 Å².